The minimum atomic E-state index is 0.429. The Labute approximate surface area is 187 Å². The van der Waals surface area contributed by atoms with Crippen LogP contribution in [0.5, 0.6) is 5.75 Å². The predicted molar refractivity (Wildman–Crippen MR) is 129 cm³/mol. The molecule has 5 heteroatoms. The first-order chi connectivity index (χ1) is 15.6. The van der Waals surface area contributed by atoms with Crippen LogP contribution >= 0.6 is 0 Å². The van der Waals surface area contributed by atoms with Crippen molar-refractivity contribution in [3.8, 4) is 5.75 Å². The van der Waals surface area contributed by atoms with Crippen LogP contribution in [-0.4, -0.2) is 22.8 Å². The molecule has 0 unspecified atom stereocenters. The van der Waals surface area contributed by atoms with Gasteiger partial charge in [-0.2, -0.15) is 0 Å². The molecule has 5 nitrogen and oxygen atoms in total. The Kier molecular flexibility index (Phi) is 5.15. The van der Waals surface area contributed by atoms with Crippen molar-refractivity contribution in [1.82, 2.24) is 9.97 Å². The molecule has 0 spiro atoms. The number of hydrogen-bond donors (Lipinski definition) is 2. The number of ether oxygens (including phenoxy) is 2. The summed E-state index contributed by atoms with van der Waals surface area (Å²) in [6.07, 6.45) is 4.05. The van der Waals surface area contributed by atoms with Gasteiger partial charge in [0.25, 0.3) is 0 Å². The number of methoxy groups -OCH3 is 1. The van der Waals surface area contributed by atoms with Crippen LogP contribution < -0.4 is 4.74 Å². The summed E-state index contributed by atoms with van der Waals surface area (Å²) in [7, 11) is 1.67. The van der Waals surface area contributed by atoms with Crippen molar-refractivity contribution < 1.29 is 9.47 Å². The van der Waals surface area contributed by atoms with E-state index in [-0.39, 0.29) is 0 Å². The number of para-hydroxylation sites is 1. The minimum Gasteiger partial charge on any atom is -0.497 e. The van der Waals surface area contributed by atoms with Gasteiger partial charge in [-0.25, -0.2) is 4.99 Å². The zero-order valence-corrected chi connectivity index (χ0v) is 18.4. The lowest BCUT2D eigenvalue weighted by Gasteiger charge is -2.09. The number of fused-ring (bicyclic) bond motifs is 1. The van der Waals surface area contributed by atoms with Crippen LogP contribution in [0, 0.1) is 13.8 Å². The first-order valence-corrected chi connectivity index (χ1v) is 10.6. The molecule has 2 aromatic carbocycles. The summed E-state index contributed by atoms with van der Waals surface area (Å²) < 4.78 is 11.6. The van der Waals surface area contributed by atoms with Gasteiger partial charge in [0.2, 0.25) is 0 Å². The van der Waals surface area contributed by atoms with Crippen molar-refractivity contribution in [2.24, 2.45) is 4.99 Å². The molecule has 3 heterocycles. The largest absolute Gasteiger partial charge is 0.497 e. The highest BCUT2D eigenvalue weighted by molar-refractivity contribution is 6.13. The Morgan fingerprint density at radius 2 is 1.84 bits per heavy atom. The van der Waals surface area contributed by atoms with Gasteiger partial charge in [-0.05, 0) is 61.4 Å². The molecule has 0 fully saturated rings. The van der Waals surface area contributed by atoms with Gasteiger partial charge in [-0.3, -0.25) is 0 Å². The van der Waals surface area contributed by atoms with Crippen molar-refractivity contribution >= 4 is 22.7 Å². The number of aromatic nitrogens is 2. The van der Waals surface area contributed by atoms with Crippen molar-refractivity contribution in [2.75, 3.05) is 7.11 Å². The summed E-state index contributed by atoms with van der Waals surface area (Å²) in [5.74, 6) is 1.56. The summed E-state index contributed by atoms with van der Waals surface area (Å²) >= 11 is 0. The number of nitrogens with one attached hydrogen (secondary N) is 2. The van der Waals surface area contributed by atoms with Crippen molar-refractivity contribution in [3.05, 3.63) is 106 Å². The minimum absolute atomic E-state index is 0.429. The van der Waals surface area contributed by atoms with E-state index in [9.17, 15) is 0 Å². The second kappa shape index (κ2) is 8.27. The predicted octanol–water partition coefficient (Wildman–Crippen LogP) is 6.07. The van der Waals surface area contributed by atoms with Crippen LogP contribution in [0.25, 0.3) is 17.0 Å². The van der Waals surface area contributed by atoms with E-state index in [1.165, 1.54) is 5.56 Å². The molecule has 1 aliphatic heterocycles. The maximum atomic E-state index is 6.24. The van der Waals surface area contributed by atoms with Gasteiger partial charge >= 0.3 is 0 Å². The highest BCUT2D eigenvalue weighted by Crippen LogP contribution is 2.28. The zero-order valence-electron chi connectivity index (χ0n) is 18.4. The molecule has 0 bridgehead atoms. The van der Waals surface area contributed by atoms with E-state index >= 15 is 0 Å². The first kappa shape index (κ1) is 19.9. The van der Waals surface area contributed by atoms with E-state index in [1.807, 2.05) is 42.5 Å². The fourth-order valence-electron chi connectivity index (χ4n) is 3.94. The van der Waals surface area contributed by atoms with Crippen molar-refractivity contribution in [2.45, 2.75) is 20.5 Å². The van der Waals surface area contributed by atoms with Crippen LogP contribution in [0.2, 0.25) is 0 Å². The Balaban J connectivity index is 1.49. The van der Waals surface area contributed by atoms with E-state index in [0.29, 0.717) is 6.61 Å². The van der Waals surface area contributed by atoms with Gasteiger partial charge in [0.05, 0.1) is 18.5 Å². The summed E-state index contributed by atoms with van der Waals surface area (Å²) in [5.41, 5.74) is 8.08. The molecule has 5 rings (SSSR count). The second-order valence-electron chi connectivity index (χ2n) is 7.99. The van der Waals surface area contributed by atoms with Gasteiger partial charge in [0.1, 0.15) is 23.8 Å². The van der Waals surface area contributed by atoms with Crippen LogP contribution in [-0.2, 0) is 11.3 Å². The van der Waals surface area contributed by atoms with Gasteiger partial charge in [0, 0.05) is 28.4 Å². The summed E-state index contributed by atoms with van der Waals surface area (Å²) in [5, 5.41) is 1.16. The summed E-state index contributed by atoms with van der Waals surface area (Å²) in [6.45, 7) is 4.57. The Morgan fingerprint density at radius 3 is 2.62 bits per heavy atom. The third-order valence-electron chi connectivity index (χ3n) is 5.57. The van der Waals surface area contributed by atoms with Crippen molar-refractivity contribution in [1.29, 1.82) is 0 Å². The number of benzene rings is 2. The molecule has 0 saturated heterocycles. The molecule has 4 aromatic rings. The van der Waals surface area contributed by atoms with Crippen LogP contribution in [0.15, 0.2) is 83.2 Å². The van der Waals surface area contributed by atoms with Crippen LogP contribution in [0.1, 0.15) is 28.2 Å². The number of nitrogens with zero attached hydrogens (tertiary/aromatic N) is 1. The number of rotatable bonds is 6. The van der Waals surface area contributed by atoms with E-state index in [0.717, 1.165) is 56.5 Å². The fraction of sp³-hybridized carbons (Fsp3) is 0.148. The molecule has 0 atom stereocenters. The summed E-state index contributed by atoms with van der Waals surface area (Å²) in [6, 6.07) is 20.4. The lowest BCUT2D eigenvalue weighted by Crippen LogP contribution is -1.96. The fourth-order valence-corrected chi connectivity index (χ4v) is 3.94. The van der Waals surface area contributed by atoms with Crippen LogP contribution in [0.3, 0.4) is 0 Å². The maximum Gasteiger partial charge on any atom is 0.147 e. The molecule has 2 N–H and O–H groups in total. The third kappa shape index (κ3) is 3.97. The first-order valence-electron chi connectivity index (χ1n) is 10.6. The van der Waals surface area contributed by atoms with E-state index < -0.39 is 0 Å². The molecule has 32 heavy (non-hydrogen) atoms. The molecule has 0 radical (unpaired) electrons. The Bertz CT molecular complexity index is 1350. The second-order valence-corrected chi connectivity index (χ2v) is 7.99. The van der Waals surface area contributed by atoms with Crippen LogP contribution in [0.4, 0.5) is 0 Å². The molecular formula is C27H25N3O2. The summed E-state index contributed by atoms with van der Waals surface area (Å²) in [4.78, 5) is 11.8. The van der Waals surface area contributed by atoms with Gasteiger partial charge in [-0.15, -0.1) is 0 Å². The molecule has 1 aliphatic rings. The number of aromatic amines is 2. The van der Waals surface area contributed by atoms with Gasteiger partial charge < -0.3 is 19.4 Å². The molecule has 0 aliphatic carbocycles. The third-order valence-corrected chi connectivity index (χ3v) is 5.57. The topological polar surface area (TPSA) is 62.4 Å². The maximum absolute atomic E-state index is 6.24. The molecule has 0 amide bonds. The smallest absolute Gasteiger partial charge is 0.147 e. The Hall–Kier alpha value is -3.99. The lowest BCUT2D eigenvalue weighted by molar-refractivity contribution is 0.208. The lowest BCUT2D eigenvalue weighted by atomic mass is 10.2. The average molecular weight is 424 g/mol. The highest BCUT2D eigenvalue weighted by atomic mass is 16.5. The van der Waals surface area contributed by atoms with Gasteiger partial charge in [0.15, 0.2) is 0 Å². The van der Waals surface area contributed by atoms with E-state index in [4.69, 9.17) is 14.5 Å². The average Bonchev–Trinajstić information content (AvgIpc) is 3.49. The van der Waals surface area contributed by atoms with Gasteiger partial charge in [-0.1, -0.05) is 30.3 Å². The number of aryl methyl sites for hydroxylation is 2. The number of hydrogen-bond acceptors (Lipinski definition) is 3. The SMILES string of the molecule is COc1cccc(COC2=CC(c3cc4ccccc4[nH]3)=NC2=Cc2[nH]c(C)cc2C)c1. The quantitative estimate of drug-likeness (QED) is 0.396. The number of H-pyrrole nitrogens is 2. The van der Waals surface area contributed by atoms with E-state index in [2.05, 4.69) is 54.2 Å². The zero-order chi connectivity index (χ0) is 22.1. The number of aliphatic imine (C=N–C) groups is 1. The standard InChI is InChI=1S/C27H25N3O2/c1-17-11-18(2)28-23(17)14-26-27(32-16-19-7-6-9-21(12-19)31-3)15-25(30-26)24-13-20-8-4-5-10-22(20)29-24/h4-15,28-29H,16H2,1-3H3. The number of allylic oxidation sites excluding steroid dienone is 1. The molecule has 160 valence electrons. The molecular weight excluding hydrogens is 398 g/mol. The van der Waals surface area contributed by atoms with Crippen molar-refractivity contribution in [3.63, 3.8) is 0 Å². The molecule has 2 aromatic heterocycles. The normalized spacial score (nSPS) is 14.7. The Morgan fingerprint density at radius 1 is 0.969 bits per heavy atom. The van der Waals surface area contributed by atoms with E-state index in [1.54, 1.807) is 7.11 Å². The highest BCUT2D eigenvalue weighted by Gasteiger charge is 2.19. The monoisotopic (exact) mass is 423 g/mol. The molecule has 0 saturated carbocycles.